The number of nitrogens with zero attached hydrogens (tertiary/aromatic N) is 6. The lowest BCUT2D eigenvalue weighted by molar-refractivity contribution is -0.107. The Hall–Kier alpha value is -6.10. The van der Waals surface area contributed by atoms with Gasteiger partial charge in [-0.25, -0.2) is 9.78 Å². The molecular formula is C47H60N10O6. The Labute approximate surface area is 368 Å². The molecule has 63 heavy (non-hydrogen) atoms. The van der Waals surface area contributed by atoms with Gasteiger partial charge in [0.05, 0.1) is 36.8 Å². The van der Waals surface area contributed by atoms with Crippen LogP contribution in [0, 0.1) is 12.8 Å². The van der Waals surface area contributed by atoms with Crippen molar-refractivity contribution in [3.05, 3.63) is 107 Å². The number of hydrogen-bond donors (Lipinski definition) is 5. The first-order valence-corrected chi connectivity index (χ1v) is 22.0. The van der Waals surface area contributed by atoms with Crippen LogP contribution in [-0.4, -0.2) is 126 Å². The van der Waals surface area contributed by atoms with E-state index in [9.17, 15) is 19.5 Å². The van der Waals surface area contributed by atoms with Gasteiger partial charge in [0.15, 0.2) is 0 Å². The number of aryl methyl sites for hydroxylation is 1. The number of para-hydroxylation sites is 1. The number of urea groups is 1. The number of hydrogen-bond acceptors (Lipinski definition) is 12. The Balaban J connectivity index is 0.838. The van der Waals surface area contributed by atoms with Gasteiger partial charge >= 0.3 is 6.03 Å². The quantitative estimate of drug-likeness (QED) is 0.100. The second kappa shape index (κ2) is 19.1. The number of aromatic hydroxyl groups is 1. The molecule has 6 heterocycles. The number of nitrogens with one attached hydrogen (secondary N) is 1. The molecule has 0 saturated carbocycles. The zero-order chi connectivity index (χ0) is 44.2. The van der Waals surface area contributed by atoms with Crippen molar-refractivity contribution in [2.24, 2.45) is 23.1 Å². The Morgan fingerprint density at radius 1 is 1.00 bits per heavy atom. The molecule has 3 amide bonds. The molecule has 0 radical (unpaired) electrons. The standard InChI is InChI=1S/C47H60N10O6/c1-30-25-56(45-37(30)22-35(24-52-45)55(16-5-21-58)47(61)51-2)34-14-17-53(18-15-34)26-31-12-19-54(20-13-31)46(60)33-10-8-32(9-11-33)42-27-57(40-28-62-29-43(40)63-42)39(44(49)50)23-38(48)36-6-3-4-7-41(36)59/h3-4,6-11,21-25,31,34,40,42-43,59H,5,12-20,26-29,48-50H2,1-2H3,(H,51,61)/b38-23-. The molecule has 8 N–H and O–H groups in total. The summed E-state index contributed by atoms with van der Waals surface area (Å²) >= 11 is 0. The van der Waals surface area contributed by atoms with Gasteiger partial charge in [0.25, 0.3) is 5.91 Å². The van der Waals surface area contributed by atoms with Crippen molar-refractivity contribution >= 4 is 40.6 Å². The van der Waals surface area contributed by atoms with E-state index in [1.54, 1.807) is 48.5 Å². The maximum atomic E-state index is 13.7. The van der Waals surface area contributed by atoms with Crippen LogP contribution >= 0.6 is 0 Å². The van der Waals surface area contributed by atoms with E-state index in [4.69, 9.17) is 31.7 Å². The van der Waals surface area contributed by atoms with Crippen LogP contribution in [0.5, 0.6) is 5.75 Å². The molecule has 8 rings (SSSR count). The third-order valence-corrected chi connectivity index (χ3v) is 13.2. The van der Waals surface area contributed by atoms with Crippen molar-refractivity contribution in [1.82, 2.24) is 29.6 Å². The van der Waals surface area contributed by atoms with Gasteiger partial charge in [-0.15, -0.1) is 0 Å². The average Bonchev–Trinajstić information content (AvgIpc) is 3.92. The maximum absolute atomic E-state index is 13.7. The fourth-order valence-electron chi connectivity index (χ4n) is 9.71. The van der Waals surface area contributed by atoms with Crippen LogP contribution in [0.15, 0.2) is 84.6 Å². The molecule has 4 saturated heterocycles. The number of amides is 3. The first kappa shape index (κ1) is 43.5. The van der Waals surface area contributed by atoms with Crippen molar-refractivity contribution in [2.75, 3.05) is 71.0 Å². The lowest BCUT2D eigenvalue weighted by Crippen LogP contribution is -2.51. The summed E-state index contributed by atoms with van der Waals surface area (Å²) < 4.78 is 14.7. The lowest BCUT2D eigenvalue weighted by atomic mass is 9.94. The van der Waals surface area contributed by atoms with Gasteiger partial charge in [-0.3, -0.25) is 9.69 Å². The predicted molar refractivity (Wildman–Crippen MR) is 241 cm³/mol. The van der Waals surface area contributed by atoms with E-state index in [0.717, 1.165) is 86.9 Å². The van der Waals surface area contributed by atoms with Crippen LogP contribution in [0.3, 0.4) is 0 Å². The Bertz CT molecular complexity index is 2340. The minimum absolute atomic E-state index is 0.0411. The lowest BCUT2D eigenvalue weighted by Gasteiger charge is -2.43. The molecule has 16 heteroatoms. The SMILES string of the molecule is CNC(=O)N(CCC=O)c1cnc2c(c1)c(C)cn2C1CCN(CC2CCN(C(=O)c3ccc(C4CN(C(/C=C(\N)c5ccccc5O)=C(N)N)C5COCC5O4)cc3)CC2)CC1. The van der Waals surface area contributed by atoms with Gasteiger partial charge in [-0.2, -0.15) is 0 Å². The first-order valence-electron chi connectivity index (χ1n) is 22.0. The maximum Gasteiger partial charge on any atom is 0.321 e. The summed E-state index contributed by atoms with van der Waals surface area (Å²) in [6.45, 7) is 8.17. The number of rotatable bonds is 12. The smallest absolute Gasteiger partial charge is 0.321 e. The first-order chi connectivity index (χ1) is 30.5. The number of piperidine rings is 2. The van der Waals surface area contributed by atoms with Crippen LogP contribution in [-0.2, 0) is 14.3 Å². The molecular weight excluding hydrogens is 801 g/mol. The highest BCUT2D eigenvalue weighted by atomic mass is 16.6. The van der Waals surface area contributed by atoms with Gasteiger partial charge in [-0.1, -0.05) is 24.3 Å². The normalized spacial score (nSPS) is 21.3. The average molecular weight is 861 g/mol. The van der Waals surface area contributed by atoms with E-state index in [1.807, 2.05) is 35.2 Å². The molecule has 4 fully saturated rings. The number of aromatic nitrogens is 2. The molecule has 2 aromatic carbocycles. The molecule has 3 atom stereocenters. The second-order valence-electron chi connectivity index (χ2n) is 17.2. The van der Waals surface area contributed by atoms with Crippen molar-refractivity contribution in [3.63, 3.8) is 0 Å². The highest BCUT2D eigenvalue weighted by molar-refractivity contribution is 5.95. The van der Waals surface area contributed by atoms with Crippen LogP contribution in [0.2, 0.25) is 0 Å². The molecule has 2 aromatic heterocycles. The topological polar surface area (TPSA) is 211 Å². The number of allylic oxidation sites excluding steroid dienone is 1. The third kappa shape index (κ3) is 9.33. The fraction of sp³-hybridized carbons (Fsp3) is 0.447. The number of anilines is 1. The summed E-state index contributed by atoms with van der Waals surface area (Å²) in [5, 5.41) is 14.1. The van der Waals surface area contributed by atoms with Crippen molar-refractivity contribution < 1.29 is 29.0 Å². The summed E-state index contributed by atoms with van der Waals surface area (Å²) in [5.74, 6) is 0.734. The van der Waals surface area contributed by atoms with Crippen LogP contribution in [0.4, 0.5) is 10.5 Å². The number of fused-ring (bicyclic) bond motifs is 2. The molecule has 4 aromatic rings. The highest BCUT2D eigenvalue weighted by Gasteiger charge is 2.42. The largest absolute Gasteiger partial charge is 0.507 e. The number of ether oxygens (including phenoxy) is 2. The van der Waals surface area contributed by atoms with Crippen molar-refractivity contribution in [2.45, 2.75) is 63.3 Å². The number of pyridine rings is 1. The number of likely N-dealkylation sites (tertiary alicyclic amines) is 2. The van der Waals surface area contributed by atoms with Gasteiger partial charge < -0.3 is 61.2 Å². The van der Waals surface area contributed by atoms with E-state index >= 15 is 0 Å². The number of nitrogens with two attached hydrogens (primary N) is 3. The number of phenolic OH excluding ortho intramolecular Hbond substituents is 1. The van der Waals surface area contributed by atoms with Gasteiger partial charge in [0, 0.05) is 93.7 Å². The molecule has 4 aliphatic rings. The Kier molecular flexibility index (Phi) is 13.2. The molecule has 16 nitrogen and oxygen atoms in total. The van der Waals surface area contributed by atoms with E-state index in [1.165, 1.54) is 0 Å². The van der Waals surface area contributed by atoms with Crippen LogP contribution < -0.4 is 27.4 Å². The Morgan fingerprint density at radius 3 is 2.44 bits per heavy atom. The van der Waals surface area contributed by atoms with Crippen molar-refractivity contribution in [3.8, 4) is 5.75 Å². The minimum atomic E-state index is -0.336. The van der Waals surface area contributed by atoms with Crippen LogP contribution in [0.25, 0.3) is 16.7 Å². The summed E-state index contributed by atoms with van der Waals surface area (Å²) in [7, 11) is 1.58. The molecule has 4 aliphatic heterocycles. The minimum Gasteiger partial charge on any atom is -0.507 e. The number of morpholine rings is 1. The number of phenols is 1. The van der Waals surface area contributed by atoms with E-state index in [-0.39, 0.29) is 48.2 Å². The second-order valence-corrected chi connectivity index (χ2v) is 17.2. The van der Waals surface area contributed by atoms with E-state index in [0.29, 0.717) is 66.5 Å². The monoisotopic (exact) mass is 860 g/mol. The highest BCUT2D eigenvalue weighted by Crippen LogP contribution is 2.36. The molecule has 0 bridgehead atoms. The molecule has 334 valence electrons. The van der Waals surface area contributed by atoms with Gasteiger partial charge in [-0.05, 0) is 86.1 Å². The van der Waals surface area contributed by atoms with E-state index in [2.05, 4.69) is 32.8 Å². The summed E-state index contributed by atoms with van der Waals surface area (Å²) in [4.78, 5) is 50.4. The summed E-state index contributed by atoms with van der Waals surface area (Å²) in [5.41, 5.74) is 24.6. The fourth-order valence-corrected chi connectivity index (χ4v) is 9.71. The molecule has 0 aliphatic carbocycles. The van der Waals surface area contributed by atoms with Gasteiger partial charge in [0.2, 0.25) is 0 Å². The Morgan fingerprint density at radius 2 is 1.75 bits per heavy atom. The predicted octanol–water partition coefficient (Wildman–Crippen LogP) is 4.20. The summed E-state index contributed by atoms with van der Waals surface area (Å²) in [6, 6.07) is 16.5. The number of benzene rings is 2. The molecule has 3 unspecified atom stereocenters. The number of carbonyl (C=O) groups excluding carboxylic acids is 3. The molecule has 0 spiro atoms. The number of carbonyl (C=O) groups is 3. The number of aldehydes is 1. The van der Waals surface area contributed by atoms with Gasteiger partial charge in [0.1, 0.15) is 35.7 Å². The summed E-state index contributed by atoms with van der Waals surface area (Å²) in [6.07, 6.45) is 10.1. The van der Waals surface area contributed by atoms with Crippen LogP contribution in [0.1, 0.15) is 71.3 Å². The third-order valence-electron chi connectivity index (χ3n) is 13.2. The van der Waals surface area contributed by atoms with Crippen molar-refractivity contribution in [1.29, 1.82) is 0 Å². The zero-order valence-electron chi connectivity index (χ0n) is 36.2. The van der Waals surface area contributed by atoms with E-state index < -0.39 is 0 Å². The zero-order valence-corrected chi connectivity index (χ0v) is 36.2.